The number of rotatable bonds is 6. The maximum absolute atomic E-state index is 12.7. The summed E-state index contributed by atoms with van der Waals surface area (Å²) < 4.78 is 54.9. The van der Waals surface area contributed by atoms with Gasteiger partial charge in [0, 0.05) is 44.8 Å². The number of fused-ring (bicyclic) bond motifs is 1. The summed E-state index contributed by atoms with van der Waals surface area (Å²) in [5.74, 6) is -0.312. The zero-order valence-corrected chi connectivity index (χ0v) is 17.1. The molecule has 2 rings (SSSR count). The molecule has 11 heteroatoms. The fourth-order valence-corrected chi connectivity index (χ4v) is 4.38. The average molecular weight is 402 g/mol. The fourth-order valence-electron chi connectivity index (χ4n) is 2.60. The van der Waals surface area contributed by atoms with Crippen molar-refractivity contribution in [1.82, 2.24) is 12.6 Å². The van der Waals surface area contributed by atoms with Gasteiger partial charge in [-0.15, -0.1) is 0 Å². The highest BCUT2D eigenvalue weighted by Gasteiger charge is 2.27. The first-order chi connectivity index (χ1) is 11.8. The normalized spacial score (nSPS) is 12.9. The highest BCUT2D eigenvalue weighted by atomic mass is 32.2. The van der Waals surface area contributed by atoms with Crippen LogP contribution in [-0.4, -0.2) is 63.4 Å². The summed E-state index contributed by atoms with van der Waals surface area (Å²) in [7, 11) is -2.04. The molecule has 0 spiro atoms. The van der Waals surface area contributed by atoms with Gasteiger partial charge in [-0.25, -0.2) is 3.97 Å². The number of benzene rings is 1. The minimum Gasteiger partial charge on any atom is -0.294 e. The van der Waals surface area contributed by atoms with Gasteiger partial charge in [0.25, 0.3) is 0 Å². The highest BCUT2D eigenvalue weighted by molar-refractivity contribution is 7.90. The van der Waals surface area contributed by atoms with Crippen LogP contribution in [0.25, 0.3) is 10.9 Å². The quantitative estimate of drug-likeness (QED) is 0.726. The van der Waals surface area contributed by atoms with Crippen LogP contribution in [0.15, 0.2) is 18.2 Å². The van der Waals surface area contributed by atoms with Crippen molar-refractivity contribution in [2.75, 3.05) is 32.9 Å². The van der Waals surface area contributed by atoms with Crippen LogP contribution >= 0.6 is 0 Å². The predicted octanol–water partition coefficient (Wildman–Crippen LogP) is 1.03. The Bertz CT molecular complexity index is 1080. The Morgan fingerprint density at radius 3 is 2.08 bits per heavy atom. The number of nitrogens with zero attached hydrogens (tertiary/aromatic N) is 3. The Morgan fingerprint density at radius 1 is 1.04 bits per heavy atom. The molecule has 0 bridgehead atoms. The number of hydrogen-bond acceptors (Lipinski definition) is 5. The summed E-state index contributed by atoms with van der Waals surface area (Å²) in [6, 6.07) is 4.39. The van der Waals surface area contributed by atoms with Gasteiger partial charge in [0.2, 0.25) is 0 Å². The maximum atomic E-state index is 12.7. The largest absolute Gasteiger partial charge is 0.307 e. The minimum atomic E-state index is -3.86. The smallest absolute Gasteiger partial charge is 0.294 e. The first kappa shape index (κ1) is 20.4. The molecule has 0 unspecified atom stereocenters. The Kier molecular flexibility index (Phi) is 5.21. The Labute approximate surface area is 153 Å². The second-order valence-corrected chi connectivity index (χ2v) is 10.1. The molecule has 2 aromatic rings. The molecule has 0 amide bonds. The lowest BCUT2D eigenvalue weighted by Crippen LogP contribution is -2.29. The number of carbonyl (C=O) groups is 1. The van der Waals surface area contributed by atoms with Gasteiger partial charge in [-0.05, 0) is 32.0 Å². The molecule has 0 aliphatic rings. The molecule has 1 aromatic heterocycles. The summed E-state index contributed by atoms with van der Waals surface area (Å²) in [6.07, 6.45) is 0. The molecule has 0 saturated heterocycles. The van der Waals surface area contributed by atoms with Crippen LogP contribution in [0.5, 0.6) is 0 Å². The third-order valence-electron chi connectivity index (χ3n) is 3.92. The van der Waals surface area contributed by atoms with E-state index < -0.39 is 20.4 Å². The van der Waals surface area contributed by atoms with E-state index in [2.05, 4.69) is 4.72 Å². The van der Waals surface area contributed by atoms with E-state index in [9.17, 15) is 21.6 Å². The first-order valence-corrected chi connectivity index (χ1v) is 10.4. The van der Waals surface area contributed by atoms with Crippen LogP contribution in [0.2, 0.25) is 0 Å². The standard InChI is InChI=1S/C15H22N4O5S2/c1-10-15(11(2)20)13-9-12(16-25(21,22)17(3)4)7-8-14(13)19(10)26(23,24)18(5)6/h7-9,16H,1-6H3. The SMILES string of the molecule is CC(=O)c1c(C)n(S(=O)(=O)N(C)C)c2ccc(NS(=O)(=O)N(C)C)cc12. The summed E-state index contributed by atoms with van der Waals surface area (Å²) in [5, 5.41) is 0.361. The molecule has 0 atom stereocenters. The third-order valence-corrected chi connectivity index (χ3v) is 7.23. The van der Waals surface area contributed by atoms with E-state index in [0.29, 0.717) is 10.9 Å². The molecular weight excluding hydrogens is 380 g/mol. The van der Waals surface area contributed by atoms with E-state index in [1.165, 1.54) is 53.3 Å². The van der Waals surface area contributed by atoms with E-state index in [-0.39, 0.29) is 22.7 Å². The Hall–Kier alpha value is -1.95. The Morgan fingerprint density at radius 2 is 1.62 bits per heavy atom. The van der Waals surface area contributed by atoms with Gasteiger partial charge < -0.3 is 0 Å². The summed E-state index contributed by atoms with van der Waals surface area (Å²) >= 11 is 0. The summed E-state index contributed by atoms with van der Waals surface area (Å²) in [5.41, 5.74) is 1.03. The number of anilines is 1. The van der Waals surface area contributed by atoms with Gasteiger partial charge in [0.1, 0.15) is 0 Å². The molecule has 1 heterocycles. The van der Waals surface area contributed by atoms with Crippen LogP contribution < -0.4 is 4.72 Å². The molecule has 26 heavy (non-hydrogen) atoms. The van der Waals surface area contributed by atoms with E-state index in [0.717, 1.165) is 12.6 Å². The average Bonchev–Trinajstić information content (AvgIpc) is 2.78. The Balaban J connectivity index is 2.81. The van der Waals surface area contributed by atoms with Crippen molar-refractivity contribution >= 4 is 42.8 Å². The number of ketones is 1. The monoisotopic (exact) mass is 402 g/mol. The minimum absolute atomic E-state index is 0.230. The lowest BCUT2D eigenvalue weighted by Gasteiger charge is -2.16. The number of hydrogen-bond donors (Lipinski definition) is 1. The lowest BCUT2D eigenvalue weighted by atomic mass is 10.1. The first-order valence-electron chi connectivity index (χ1n) is 7.60. The van der Waals surface area contributed by atoms with Crippen molar-refractivity contribution in [2.24, 2.45) is 0 Å². The number of Topliss-reactive ketones (excluding diaryl/α,β-unsaturated/α-hetero) is 1. The molecule has 1 aromatic carbocycles. The maximum Gasteiger partial charge on any atom is 0.307 e. The van der Waals surface area contributed by atoms with Crippen LogP contribution in [0.4, 0.5) is 5.69 Å². The van der Waals surface area contributed by atoms with Gasteiger partial charge in [-0.1, -0.05) is 0 Å². The van der Waals surface area contributed by atoms with Gasteiger partial charge in [-0.2, -0.15) is 25.4 Å². The van der Waals surface area contributed by atoms with Crippen molar-refractivity contribution in [2.45, 2.75) is 13.8 Å². The molecular formula is C15H22N4O5S2. The number of nitrogens with one attached hydrogen (secondary N) is 1. The van der Waals surface area contributed by atoms with Crippen LogP contribution in [-0.2, 0) is 20.4 Å². The molecule has 0 saturated carbocycles. The van der Waals surface area contributed by atoms with E-state index in [1.54, 1.807) is 6.92 Å². The van der Waals surface area contributed by atoms with Crippen molar-refractivity contribution in [3.05, 3.63) is 29.5 Å². The van der Waals surface area contributed by atoms with Gasteiger partial charge in [-0.3, -0.25) is 9.52 Å². The predicted molar refractivity (Wildman–Crippen MR) is 101 cm³/mol. The fraction of sp³-hybridized carbons (Fsp3) is 0.400. The van der Waals surface area contributed by atoms with Gasteiger partial charge in [0.15, 0.2) is 5.78 Å². The molecule has 1 N–H and O–H groups in total. The van der Waals surface area contributed by atoms with Crippen LogP contribution in [0, 0.1) is 6.92 Å². The van der Waals surface area contributed by atoms with Gasteiger partial charge >= 0.3 is 20.4 Å². The highest BCUT2D eigenvalue weighted by Crippen LogP contribution is 2.31. The van der Waals surface area contributed by atoms with Crippen molar-refractivity contribution in [3.8, 4) is 0 Å². The molecule has 0 aliphatic carbocycles. The van der Waals surface area contributed by atoms with E-state index >= 15 is 0 Å². The lowest BCUT2D eigenvalue weighted by molar-refractivity contribution is 0.101. The van der Waals surface area contributed by atoms with Gasteiger partial charge in [0.05, 0.1) is 11.2 Å². The number of aromatic nitrogens is 1. The zero-order valence-electron chi connectivity index (χ0n) is 15.4. The van der Waals surface area contributed by atoms with Crippen molar-refractivity contribution in [3.63, 3.8) is 0 Å². The second-order valence-electron chi connectivity index (χ2n) is 6.19. The number of carbonyl (C=O) groups excluding carboxylic acids is 1. The third kappa shape index (κ3) is 3.34. The summed E-state index contributed by atoms with van der Waals surface area (Å²) in [6.45, 7) is 2.88. The molecule has 9 nitrogen and oxygen atoms in total. The summed E-state index contributed by atoms with van der Waals surface area (Å²) in [4.78, 5) is 12.1. The van der Waals surface area contributed by atoms with E-state index in [1.807, 2.05) is 0 Å². The molecule has 0 fully saturated rings. The van der Waals surface area contributed by atoms with Crippen LogP contribution in [0.3, 0.4) is 0 Å². The van der Waals surface area contributed by atoms with E-state index in [4.69, 9.17) is 0 Å². The second kappa shape index (κ2) is 6.65. The van der Waals surface area contributed by atoms with Crippen molar-refractivity contribution in [1.29, 1.82) is 0 Å². The topological polar surface area (TPSA) is 109 Å². The van der Waals surface area contributed by atoms with Crippen LogP contribution in [0.1, 0.15) is 23.0 Å². The van der Waals surface area contributed by atoms with Crippen molar-refractivity contribution < 1.29 is 21.6 Å². The molecule has 0 radical (unpaired) electrons. The molecule has 144 valence electrons. The zero-order chi connectivity index (χ0) is 20.0. The molecule has 0 aliphatic heterocycles.